The van der Waals surface area contributed by atoms with Gasteiger partial charge in [-0.1, -0.05) is 38.1 Å². The fraction of sp³-hybridized carbons (Fsp3) is 0.267. The van der Waals surface area contributed by atoms with Gasteiger partial charge in [-0.2, -0.15) is 0 Å². The largest absolute Gasteiger partial charge is 0.487 e. The number of nitrogen functional groups attached to an aromatic ring is 1. The number of aromatic nitrogens is 1. The summed E-state index contributed by atoms with van der Waals surface area (Å²) in [6.07, 6.45) is 0. The van der Waals surface area contributed by atoms with Gasteiger partial charge in [-0.05, 0) is 29.7 Å². The molecule has 0 aliphatic carbocycles. The first-order valence-electron chi connectivity index (χ1n) is 6.10. The summed E-state index contributed by atoms with van der Waals surface area (Å²) in [4.78, 5) is 4.22. The Hall–Kier alpha value is -2.03. The second-order valence-corrected chi connectivity index (χ2v) is 4.53. The van der Waals surface area contributed by atoms with E-state index < -0.39 is 0 Å². The molecule has 0 amide bonds. The molecule has 0 unspecified atom stereocenters. The standard InChI is InChI=1S/C15H18N2O/c1-11(2)13-7-3-4-8-14(13)18-10-12-6-5-9-15(16)17-12/h3-9,11H,10H2,1-2H3,(H2,16,17). The molecular weight excluding hydrogens is 224 g/mol. The van der Waals surface area contributed by atoms with Crippen LogP contribution in [0.3, 0.4) is 0 Å². The maximum absolute atomic E-state index is 5.82. The molecule has 0 radical (unpaired) electrons. The first-order valence-corrected chi connectivity index (χ1v) is 6.10. The van der Waals surface area contributed by atoms with E-state index in [4.69, 9.17) is 10.5 Å². The lowest BCUT2D eigenvalue weighted by atomic mass is 10.0. The van der Waals surface area contributed by atoms with E-state index in [0.717, 1.165) is 11.4 Å². The molecule has 18 heavy (non-hydrogen) atoms. The first-order chi connectivity index (χ1) is 8.66. The minimum Gasteiger partial charge on any atom is -0.487 e. The first kappa shape index (κ1) is 12.4. The highest BCUT2D eigenvalue weighted by Gasteiger charge is 2.07. The molecule has 0 aliphatic heterocycles. The van der Waals surface area contributed by atoms with Gasteiger partial charge in [0.25, 0.3) is 0 Å². The summed E-state index contributed by atoms with van der Waals surface area (Å²) in [6.45, 7) is 4.75. The molecule has 3 heteroatoms. The molecule has 1 heterocycles. The van der Waals surface area contributed by atoms with E-state index in [1.807, 2.05) is 30.3 Å². The van der Waals surface area contributed by atoms with Gasteiger partial charge >= 0.3 is 0 Å². The number of ether oxygens (including phenoxy) is 1. The molecule has 0 spiro atoms. The minimum absolute atomic E-state index is 0.439. The molecule has 2 N–H and O–H groups in total. The Labute approximate surface area is 108 Å². The van der Waals surface area contributed by atoms with E-state index in [1.165, 1.54) is 5.56 Å². The second kappa shape index (κ2) is 5.54. The number of pyridine rings is 1. The highest BCUT2D eigenvalue weighted by atomic mass is 16.5. The highest BCUT2D eigenvalue weighted by Crippen LogP contribution is 2.26. The molecule has 94 valence electrons. The van der Waals surface area contributed by atoms with Crippen LogP contribution >= 0.6 is 0 Å². The Kier molecular flexibility index (Phi) is 3.82. The summed E-state index contributed by atoms with van der Waals surface area (Å²) in [6, 6.07) is 13.7. The van der Waals surface area contributed by atoms with Crippen molar-refractivity contribution in [3.8, 4) is 5.75 Å². The smallest absolute Gasteiger partial charge is 0.130 e. The normalized spacial score (nSPS) is 10.6. The van der Waals surface area contributed by atoms with Crippen molar-refractivity contribution in [1.82, 2.24) is 4.98 Å². The third kappa shape index (κ3) is 3.00. The van der Waals surface area contributed by atoms with Gasteiger partial charge in [-0.15, -0.1) is 0 Å². The van der Waals surface area contributed by atoms with E-state index in [-0.39, 0.29) is 0 Å². The summed E-state index contributed by atoms with van der Waals surface area (Å²) >= 11 is 0. The average molecular weight is 242 g/mol. The lowest BCUT2D eigenvalue weighted by Crippen LogP contribution is -2.02. The van der Waals surface area contributed by atoms with Crippen LogP contribution in [0, 0.1) is 0 Å². The molecule has 2 rings (SSSR count). The molecule has 0 saturated carbocycles. The molecule has 1 aromatic heterocycles. The number of hydrogen-bond acceptors (Lipinski definition) is 3. The third-order valence-corrected chi connectivity index (χ3v) is 2.74. The predicted octanol–water partition coefficient (Wildman–Crippen LogP) is 3.37. The monoisotopic (exact) mass is 242 g/mol. The van der Waals surface area contributed by atoms with E-state index in [2.05, 4.69) is 24.9 Å². The Bertz CT molecular complexity index is 523. The average Bonchev–Trinajstić information content (AvgIpc) is 2.37. The Morgan fingerprint density at radius 1 is 1.11 bits per heavy atom. The van der Waals surface area contributed by atoms with E-state index in [0.29, 0.717) is 18.3 Å². The minimum atomic E-state index is 0.439. The van der Waals surface area contributed by atoms with E-state index in [9.17, 15) is 0 Å². The maximum atomic E-state index is 5.82. The lowest BCUT2D eigenvalue weighted by Gasteiger charge is -2.13. The summed E-state index contributed by atoms with van der Waals surface area (Å²) < 4.78 is 5.82. The fourth-order valence-electron chi connectivity index (χ4n) is 1.82. The van der Waals surface area contributed by atoms with Crippen LogP contribution in [0.25, 0.3) is 0 Å². The van der Waals surface area contributed by atoms with Gasteiger partial charge < -0.3 is 10.5 Å². The van der Waals surface area contributed by atoms with Crippen molar-refractivity contribution in [3.05, 3.63) is 53.7 Å². The van der Waals surface area contributed by atoms with Crippen LogP contribution in [-0.4, -0.2) is 4.98 Å². The number of nitrogens with two attached hydrogens (primary N) is 1. The van der Waals surface area contributed by atoms with Crippen LogP contribution in [0.4, 0.5) is 5.82 Å². The quantitative estimate of drug-likeness (QED) is 0.894. The SMILES string of the molecule is CC(C)c1ccccc1OCc1cccc(N)n1. The molecule has 2 aromatic rings. The number of benzene rings is 1. The summed E-state index contributed by atoms with van der Waals surface area (Å²) in [5, 5.41) is 0. The van der Waals surface area contributed by atoms with Crippen molar-refractivity contribution in [2.75, 3.05) is 5.73 Å². The van der Waals surface area contributed by atoms with Gasteiger partial charge in [-0.25, -0.2) is 4.98 Å². The maximum Gasteiger partial charge on any atom is 0.130 e. The van der Waals surface area contributed by atoms with Crippen LogP contribution in [0.1, 0.15) is 31.0 Å². The third-order valence-electron chi connectivity index (χ3n) is 2.74. The van der Waals surface area contributed by atoms with E-state index >= 15 is 0 Å². The van der Waals surface area contributed by atoms with Gasteiger partial charge in [0.1, 0.15) is 18.2 Å². The highest BCUT2D eigenvalue weighted by molar-refractivity contribution is 5.36. The van der Waals surface area contributed by atoms with Crippen molar-refractivity contribution >= 4 is 5.82 Å². The molecule has 0 aliphatic rings. The van der Waals surface area contributed by atoms with Crippen LogP contribution in [0.15, 0.2) is 42.5 Å². The molecule has 0 saturated heterocycles. The summed E-state index contributed by atoms with van der Waals surface area (Å²) in [7, 11) is 0. The number of para-hydroxylation sites is 1. The van der Waals surface area contributed by atoms with Crippen LogP contribution in [-0.2, 0) is 6.61 Å². The van der Waals surface area contributed by atoms with Crippen LogP contribution < -0.4 is 10.5 Å². The molecule has 1 aromatic carbocycles. The van der Waals surface area contributed by atoms with Crippen LogP contribution in [0.2, 0.25) is 0 Å². The van der Waals surface area contributed by atoms with Gasteiger partial charge in [0.05, 0.1) is 5.69 Å². The number of hydrogen-bond donors (Lipinski definition) is 1. The zero-order valence-corrected chi connectivity index (χ0v) is 10.8. The van der Waals surface area contributed by atoms with Crippen molar-refractivity contribution in [3.63, 3.8) is 0 Å². The van der Waals surface area contributed by atoms with Gasteiger partial charge in [-0.3, -0.25) is 0 Å². The Morgan fingerprint density at radius 3 is 2.61 bits per heavy atom. The van der Waals surface area contributed by atoms with Crippen molar-refractivity contribution in [1.29, 1.82) is 0 Å². The van der Waals surface area contributed by atoms with E-state index in [1.54, 1.807) is 6.07 Å². The van der Waals surface area contributed by atoms with Gasteiger partial charge in [0.15, 0.2) is 0 Å². The summed E-state index contributed by atoms with van der Waals surface area (Å²) in [5.74, 6) is 1.87. The van der Waals surface area contributed by atoms with Gasteiger partial charge in [0, 0.05) is 0 Å². The second-order valence-electron chi connectivity index (χ2n) is 4.53. The number of anilines is 1. The van der Waals surface area contributed by atoms with Gasteiger partial charge in [0.2, 0.25) is 0 Å². The fourth-order valence-corrected chi connectivity index (χ4v) is 1.82. The van der Waals surface area contributed by atoms with Crippen LogP contribution in [0.5, 0.6) is 5.75 Å². The molecule has 3 nitrogen and oxygen atoms in total. The molecule has 0 bridgehead atoms. The predicted molar refractivity (Wildman–Crippen MR) is 73.5 cm³/mol. The van der Waals surface area contributed by atoms with Crippen molar-refractivity contribution < 1.29 is 4.74 Å². The molecule has 0 atom stereocenters. The number of nitrogens with zero attached hydrogens (tertiary/aromatic N) is 1. The lowest BCUT2D eigenvalue weighted by molar-refractivity contribution is 0.297. The number of rotatable bonds is 4. The summed E-state index contributed by atoms with van der Waals surface area (Å²) in [5.41, 5.74) is 7.69. The zero-order valence-electron chi connectivity index (χ0n) is 10.8. The molecular formula is C15H18N2O. The Morgan fingerprint density at radius 2 is 1.89 bits per heavy atom. The zero-order chi connectivity index (χ0) is 13.0. The topological polar surface area (TPSA) is 48.1 Å². The van der Waals surface area contributed by atoms with Crippen molar-refractivity contribution in [2.45, 2.75) is 26.4 Å². The molecule has 0 fully saturated rings. The van der Waals surface area contributed by atoms with Crippen molar-refractivity contribution in [2.24, 2.45) is 0 Å². The Balaban J connectivity index is 2.11.